The molecule has 1 aromatic rings. The second-order valence-electron chi connectivity index (χ2n) is 6.66. The second kappa shape index (κ2) is 7.50. The molecule has 0 radical (unpaired) electrons. The fourth-order valence-electron chi connectivity index (χ4n) is 3.83. The number of fused-ring (bicyclic) bond motifs is 1. The highest BCUT2D eigenvalue weighted by Gasteiger charge is 2.47. The highest BCUT2D eigenvalue weighted by atomic mass is 32.2. The number of amides is 1. The maximum Gasteiger partial charge on any atom is 0.248 e. The van der Waals surface area contributed by atoms with Crippen molar-refractivity contribution in [3.05, 3.63) is 29.6 Å². The summed E-state index contributed by atoms with van der Waals surface area (Å²) in [5.41, 5.74) is 0.659. The lowest BCUT2D eigenvalue weighted by molar-refractivity contribution is -0.141. The fraction of sp³-hybridized carbons (Fsp3) is 0.588. The van der Waals surface area contributed by atoms with Gasteiger partial charge in [-0.3, -0.25) is 9.69 Å². The van der Waals surface area contributed by atoms with Gasteiger partial charge in [-0.2, -0.15) is 0 Å². The van der Waals surface area contributed by atoms with Gasteiger partial charge in [0, 0.05) is 38.3 Å². The molecular formula is C17H23FN2O5S. The minimum atomic E-state index is -3.24. The molecule has 0 bridgehead atoms. The third kappa shape index (κ3) is 3.84. The average molecular weight is 386 g/mol. The van der Waals surface area contributed by atoms with Crippen LogP contribution in [0.5, 0.6) is 5.75 Å². The first-order valence-electron chi connectivity index (χ1n) is 8.40. The van der Waals surface area contributed by atoms with Crippen molar-refractivity contribution in [3.63, 3.8) is 0 Å². The molecule has 2 fully saturated rings. The normalized spacial score (nSPS) is 25.1. The molecule has 0 spiro atoms. The standard InChI is InChI=1S/C17H23FN2O5S/c1-24-9-17(21)20-6-5-19(14-10-26(22,23)11-15(14)20)8-12-7-13(18)3-4-16(12)25-2/h3-4,7,14-15H,5-6,8-11H2,1-2H3/t14-,15+/m0/s1. The first kappa shape index (κ1) is 19.1. The van der Waals surface area contributed by atoms with E-state index in [1.165, 1.54) is 26.4 Å². The van der Waals surface area contributed by atoms with Gasteiger partial charge in [-0.15, -0.1) is 0 Å². The van der Waals surface area contributed by atoms with Crippen LogP contribution in [-0.2, 0) is 25.9 Å². The summed E-state index contributed by atoms with van der Waals surface area (Å²) in [6.45, 7) is 1.22. The van der Waals surface area contributed by atoms with E-state index in [9.17, 15) is 17.6 Å². The average Bonchev–Trinajstić information content (AvgIpc) is 2.91. The molecule has 0 saturated carbocycles. The molecule has 144 valence electrons. The Kier molecular flexibility index (Phi) is 5.50. The number of methoxy groups -OCH3 is 2. The number of carbonyl (C=O) groups excluding carboxylic acids is 1. The number of rotatable bonds is 5. The van der Waals surface area contributed by atoms with Gasteiger partial charge in [0.2, 0.25) is 5.91 Å². The predicted molar refractivity (Wildman–Crippen MR) is 93.2 cm³/mol. The maximum atomic E-state index is 13.6. The molecule has 2 saturated heterocycles. The number of hydrogen-bond donors (Lipinski definition) is 0. The fourth-order valence-corrected chi connectivity index (χ4v) is 5.84. The van der Waals surface area contributed by atoms with Crippen LogP contribution in [0.1, 0.15) is 5.56 Å². The lowest BCUT2D eigenvalue weighted by Gasteiger charge is -2.44. The zero-order valence-electron chi connectivity index (χ0n) is 14.9. The van der Waals surface area contributed by atoms with Crippen LogP contribution >= 0.6 is 0 Å². The van der Waals surface area contributed by atoms with Crippen LogP contribution < -0.4 is 4.74 Å². The van der Waals surface area contributed by atoms with Gasteiger partial charge in [-0.1, -0.05) is 0 Å². The summed E-state index contributed by atoms with van der Waals surface area (Å²) < 4.78 is 48.3. The summed E-state index contributed by atoms with van der Waals surface area (Å²) >= 11 is 0. The molecule has 0 unspecified atom stereocenters. The highest BCUT2D eigenvalue weighted by Crippen LogP contribution is 2.30. The van der Waals surface area contributed by atoms with Crippen molar-refractivity contribution in [2.45, 2.75) is 18.6 Å². The van der Waals surface area contributed by atoms with Gasteiger partial charge in [0.05, 0.1) is 24.7 Å². The smallest absolute Gasteiger partial charge is 0.248 e. The Labute approximate surface area is 152 Å². The molecule has 2 aliphatic rings. The topological polar surface area (TPSA) is 76.2 Å². The minimum absolute atomic E-state index is 0.00788. The Bertz CT molecular complexity index is 785. The van der Waals surface area contributed by atoms with Gasteiger partial charge in [0.15, 0.2) is 9.84 Å². The van der Waals surface area contributed by atoms with Crippen LogP contribution in [0.25, 0.3) is 0 Å². The Morgan fingerprint density at radius 1 is 1.23 bits per heavy atom. The molecule has 2 aliphatic heterocycles. The van der Waals surface area contributed by atoms with Crippen LogP contribution in [0, 0.1) is 5.82 Å². The highest BCUT2D eigenvalue weighted by molar-refractivity contribution is 7.91. The van der Waals surface area contributed by atoms with E-state index in [1.807, 2.05) is 4.90 Å². The molecule has 9 heteroatoms. The van der Waals surface area contributed by atoms with Crippen molar-refractivity contribution in [2.75, 3.05) is 45.4 Å². The van der Waals surface area contributed by atoms with E-state index < -0.39 is 15.9 Å². The lowest BCUT2D eigenvalue weighted by Crippen LogP contribution is -2.60. The summed E-state index contributed by atoms with van der Waals surface area (Å²) in [5, 5.41) is 0. The number of benzene rings is 1. The van der Waals surface area contributed by atoms with Crippen LogP contribution in [0.15, 0.2) is 18.2 Å². The predicted octanol–water partition coefficient (Wildman–Crippen LogP) is 0.291. The molecule has 26 heavy (non-hydrogen) atoms. The SMILES string of the molecule is COCC(=O)N1CCN(Cc2cc(F)ccc2OC)[C@H]2CS(=O)(=O)C[C@H]21. The van der Waals surface area contributed by atoms with E-state index in [0.29, 0.717) is 30.9 Å². The molecule has 7 nitrogen and oxygen atoms in total. The van der Waals surface area contributed by atoms with Crippen molar-refractivity contribution in [2.24, 2.45) is 0 Å². The summed E-state index contributed by atoms with van der Waals surface area (Å²) in [4.78, 5) is 15.9. The Morgan fingerprint density at radius 3 is 2.65 bits per heavy atom. The van der Waals surface area contributed by atoms with Crippen LogP contribution in [0.2, 0.25) is 0 Å². The summed E-state index contributed by atoms with van der Waals surface area (Å²) in [6, 6.07) is 3.57. The van der Waals surface area contributed by atoms with Crippen molar-refractivity contribution < 1.29 is 27.1 Å². The second-order valence-corrected chi connectivity index (χ2v) is 8.81. The van der Waals surface area contributed by atoms with E-state index in [4.69, 9.17) is 9.47 Å². The van der Waals surface area contributed by atoms with E-state index in [1.54, 1.807) is 11.0 Å². The summed E-state index contributed by atoms with van der Waals surface area (Å²) in [7, 11) is -0.288. The van der Waals surface area contributed by atoms with E-state index in [-0.39, 0.29) is 35.9 Å². The van der Waals surface area contributed by atoms with Gasteiger partial charge < -0.3 is 14.4 Å². The molecule has 3 rings (SSSR count). The molecule has 0 N–H and O–H groups in total. The molecular weight excluding hydrogens is 363 g/mol. The number of nitrogens with zero attached hydrogens (tertiary/aromatic N) is 2. The van der Waals surface area contributed by atoms with Crippen molar-refractivity contribution in [1.82, 2.24) is 9.80 Å². The molecule has 0 aliphatic carbocycles. The summed E-state index contributed by atoms with van der Waals surface area (Å²) in [6.07, 6.45) is 0. The Balaban J connectivity index is 1.84. The molecule has 2 heterocycles. The first-order valence-corrected chi connectivity index (χ1v) is 10.2. The molecule has 1 amide bonds. The Morgan fingerprint density at radius 2 is 1.96 bits per heavy atom. The molecule has 0 aromatic heterocycles. The third-order valence-corrected chi connectivity index (χ3v) is 6.69. The molecule has 1 aromatic carbocycles. The van der Waals surface area contributed by atoms with Crippen molar-refractivity contribution in [1.29, 1.82) is 0 Å². The number of piperazine rings is 1. The number of hydrogen-bond acceptors (Lipinski definition) is 6. The maximum absolute atomic E-state index is 13.6. The van der Waals surface area contributed by atoms with Gasteiger partial charge in [0.25, 0.3) is 0 Å². The monoisotopic (exact) mass is 386 g/mol. The first-order chi connectivity index (χ1) is 12.3. The van der Waals surface area contributed by atoms with E-state index in [0.717, 1.165) is 0 Å². The van der Waals surface area contributed by atoms with Crippen LogP contribution in [0.4, 0.5) is 4.39 Å². The zero-order chi connectivity index (χ0) is 18.9. The Hall–Kier alpha value is -1.71. The number of halogens is 1. The van der Waals surface area contributed by atoms with Gasteiger partial charge in [-0.25, -0.2) is 12.8 Å². The van der Waals surface area contributed by atoms with Crippen LogP contribution in [0.3, 0.4) is 0 Å². The van der Waals surface area contributed by atoms with E-state index >= 15 is 0 Å². The largest absolute Gasteiger partial charge is 0.496 e. The van der Waals surface area contributed by atoms with Crippen molar-refractivity contribution >= 4 is 15.7 Å². The number of ether oxygens (including phenoxy) is 2. The lowest BCUT2D eigenvalue weighted by atomic mass is 10.0. The van der Waals surface area contributed by atoms with Gasteiger partial charge >= 0.3 is 0 Å². The number of sulfone groups is 1. The molecule has 2 atom stereocenters. The third-order valence-electron chi connectivity index (χ3n) is 5.00. The van der Waals surface area contributed by atoms with Gasteiger partial charge in [0.1, 0.15) is 18.2 Å². The van der Waals surface area contributed by atoms with Gasteiger partial charge in [-0.05, 0) is 18.2 Å². The number of carbonyl (C=O) groups is 1. The summed E-state index contributed by atoms with van der Waals surface area (Å²) in [5.74, 6) is -0.0785. The van der Waals surface area contributed by atoms with E-state index in [2.05, 4.69) is 0 Å². The van der Waals surface area contributed by atoms with Crippen molar-refractivity contribution in [3.8, 4) is 5.75 Å². The minimum Gasteiger partial charge on any atom is -0.496 e. The zero-order valence-corrected chi connectivity index (χ0v) is 15.7. The van der Waals surface area contributed by atoms with Crippen LogP contribution in [-0.4, -0.2) is 81.6 Å². The quantitative estimate of drug-likeness (QED) is 0.724.